The molecule has 1 rings (SSSR count). The normalized spacial score (nSPS) is 22.7. The zero-order chi connectivity index (χ0) is 16.1. The van der Waals surface area contributed by atoms with Gasteiger partial charge in [-0.15, -0.1) is 0 Å². The fourth-order valence-electron chi connectivity index (χ4n) is 2.53. The number of rotatable bonds is 5. The molecule has 0 bridgehead atoms. The third kappa shape index (κ3) is 4.74. The van der Waals surface area contributed by atoms with Crippen molar-refractivity contribution in [3.8, 4) is 0 Å². The highest BCUT2D eigenvalue weighted by Gasteiger charge is 2.49. The molecule has 1 aliphatic heterocycles. The topological polar surface area (TPSA) is 9.23 Å². The van der Waals surface area contributed by atoms with Crippen molar-refractivity contribution in [2.45, 2.75) is 66.8 Å². The first kappa shape index (κ1) is 18.0. The summed E-state index contributed by atoms with van der Waals surface area (Å²) in [5.74, 6) is 0. The fourth-order valence-corrected chi connectivity index (χ4v) is 2.53. The van der Waals surface area contributed by atoms with Crippen molar-refractivity contribution in [2.75, 3.05) is 0 Å². The summed E-state index contributed by atoms with van der Waals surface area (Å²) in [7, 11) is 0. The van der Waals surface area contributed by atoms with Crippen LogP contribution in [0.25, 0.3) is 0 Å². The molecule has 0 spiro atoms. The second-order valence-corrected chi connectivity index (χ2v) is 7.10. The summed E-state index contributed by atoms with van der Waals surface area (Å²) in [6.07, 6.45) is 14.9. The van der Waals surface area contributed by atoms with Crippen molar-refractivity contribution in [1.82, 2.24) is 0 Å². The average molecular weight is 286 g/mol. The van der Waals surface area contributed by atoms with Crippen molar-refractivity contribution >= 4 is 6.92 Å². The first-order valence-corrected chi connectivity index (χ1v) is 8.08. The lowest BCUT2D eigenvalue weighted by Gasteiger charge is -2.34. The highest BCUT2D eigenvalue weighted by molar-refractivity contribution is 6.61. The summed E-state index contributed by atoms with van der Waals surface area (Å²) in [6, 6.07) is 0. The molecule has 116 valence electrons. The van der Waals surface area contributed by atoms with Crippen LogP contribution in [0.1, 0.15) is 54.9 Å². The maximum atomic E-state index is 6.29. The van der Waals surface area contributed by atoms with Gasteiger partial charge in [-0.3, -0.25) is 0 Å². The Morgan fingerprint density at radius 1 is 1.14 bits per heavy atom. The van der Waals surface area contributed by atoms with Crippen LogP contribution in [0, 0.1) is 5.41 Å². The molecule has 2 heteroatoms. The second kappa shape index (κ2) is 7.31. The smallest absolute Gasteiger partial charge is 0.323 e. The average Bonchev–Trinajstić information content (AvgIpc) is 2.62. The van der Waals surface area contributed by atoms with E-state index >= 15 is 0 Å². The van der Waals surface area contributed by atoms with E-state index in [1.165, 1.54) is 11.0 Å². The molecule has 0 unspecified atom stereocenters. The Bertz CT molecular complexity index is 448. The highest BCUT2D eigenvalue weighted by atomic mass is 16.5. The Morgan fingerprint density at radius 2 is 1.81 bits per heavy atom. The molecule has 1 heterocycles. The van der Waals surface area contributed by atoms with E-state index in [0.29, 0.717) is 0 Å². The van der Waals surface area contributed by atoms with Crippen LogP contribution in [0.15, 0.2) is 47.5 Å². The van der Waals surface area contributed by atoms with E-state index in [1.54, 1.807) is 0 Å². The van der Waals surface area contributed by atoms with Crippen LogP contribution in [-0.2, 0) is 4.65 Å². The van der Waals surface area contributed by atoms with Crippen molar-refractivity contribution in [2.24, 2.45) is 5.41 Å². The highest BCUT2D eigenvalue weighted by Crippen LogP contribution is 2.46. The summed E-state index contributed by atoms with van der Waals surface area (Å²) in [6.45, 7) is 15.7. The van der Waals surface area contributed by atoms with Gasteiger partial charge in [0.2, 0.25) is 0 Å². The lowest BCUT2D eigenvalue weighted by Crippen LogP contribution is -2.34. The molecule has 0 saturated carbocycles. The third-order valence-corrected chi connectivity index (χ3v) is 4.82. The summed E-state index contributed by atoms with van der Waals surface area (Å²) < 4.78 is 6.29. The largest absolute Gasteiger partial charge is 0.426 e. The van der Waals surface area contributed by atoms with Gasteiger partial charge in [-0.05, 0) is 51.4 Å². The molecule has 0 atom stereocenters. The van der Waals surface area contributed by atoms with E-state index in [0.717, 1.165) is 12.7 Å². The standard InChI is InChI=1S/C19H31BO/c1-8-10-11-12-13-17(9-2)14-16(3)20-15-18(4,5)19(6,7)21-20/h8,10-14H,9,15H2,1-7H3/b10-8+,12-11-,16-14-,17-13-. The molecule has 0 aliphatic carbocycles. The van der Waals surface area contributed by atoms with Crippen molar-refractivity contribution in [3.63, 3.8) is 0 Å². The molecule has 1 aliphatic rings. The molecule has 1 fully saturated rings. The maximum Gasteiger partial charge on any atom is 0.323 e. The van der Waals surface area contributed by atoms with Crippen LogP contribution in [0.5, 0.6) is 0 Å². The Labute approximate surface area is 132 Å². The Kier molecular flexibility index (Phi) is 6.28. The summed E-state index contributed by atoms with van der Waals surface area (Å²) >= 11 is 0. The van der Waals surface area contributed by atoms with Crippen LogP contribution in [-0.4, -0.2) is 12.5 Å². The molecule has 0 radical (unpaired) electrons. The lowest BCUT2D eigenvalue weighted by atomic mass is 9.54. The van der Waals surface area contributed by atoms with E-state index in [2.05, 4.69) is 65.8 Å². The van der Waals surface area contributed by atoms with Gasteiger partial charge in [-0.25, -0.2) is 0 Å². The van der Waals surface area contributed by atoms with Gasteiger partial charge in [0.05, 0.1) is 5.60 Å². The van der Waals surface area contributed by atoms with Crippen LogP contribution >= 0.6 is 0 Å². The molecule has 21 heavy (non-hydrogen) atoms. The monoisotopic (exact) mass is 286 g/mol. The molecule has 0 amide bonds. The van der Waals surface area contributed by atoms with Crippen molar-refractivity contribution in [3.05, 3.63) is 47.5 Å². The van der Waals surface area contributed by atoms with Gasteiger partial charge >= 0.3 is 6.92 Å². The Balaban J connectivity index is 2.84. The molecule has 0 N–H and O–H groups in total. The van der Waals surface area contributed by atoms with E-state index < -0.39 is 0 Å². The zero-order valence-electron chi connectivity index (χ0n) is 14.9. The molecular formula is C19H31BO. The second-order valence-electron chi connectivity index (χ2n) is 7.10. The molecule has 1 saturated heterocycles. The van der Waals surface area contributed by atoms with Crippen LogP contribution in [0.4, 0.5) is 0 Å². The molecule has 0 aromatic rings. The molecule has 1 nitrogen and oxygen atoms in total. The quantitative estimate of drug-likeness (QED) is 0.460. The Hall–Kier alpha value is -1.02. The van der Waals surface area contributed by atoms with Gasteiger partial charge in [0.15, 0.2) is 0 Å². The first-order valence-electron chi connectivity index (χ1n) is 8.08. The molecule has 0 aromatic carbocycles. The van der Waals surface area contributed by atoms with Gasteiger partial charge in [-0.2, -0.15) is 0 Å². The van der Waals surface area contributed by atoms with Crippen LogP contribution in [0.3, 0.4) is 0 Å². The van der Waals surface area contributed by atoms with Crippen LogP contribution in [0.2, 0.25) is 6.32 Å². The Morgan fingerprint density at radius 3 is 2.29 bits per heavy atom. The first-order chi connectivity index (χ1) is 9.73. The SMILES string of the molecule is C/C=C/C=C\C=C(/C=C(/C)B1CC(C)(C)C(C)(C)O1)CC. The van der Waals surface area contributed by atoms with Gasteiger partial charge < -0.3 is 4.65 Å². The van der Waals surface area contributed by atoms with E-state index in [9.17, 15) is 0 Å². The van der Waals surface area contributed by atoms with Gasteiger partial charge in [0, 0.05) is 0 Å². The minimum Gasteiger partial charge on any atom is -0.426 e. The number of allylic oxidation sites excluding steroid dienone is 8. The van der Waals surface area contributed by atoms with Crippen molar-refractivity contribution < 1.29 is 4.65 Å². The van der Waals surface area contributed by atoms with Gasteiger partial charge in [0.1, 0.15) is 0 Å². The minimum absolute atomic E-state index is 0.0608. The minimum atomic E-state index is -0.0608. The summed E-state index contributed by atoms with van der Waals surface area (Å²) in [5, 5.41) is 0. The zero-order valence-corrected chi connectivity index (χ0v) is 14.9. The van der Waals surface area contributed by atoms with E-state index in [4.69, 9.17) is 4.65 Å². The van der Waals surface area contributed by atoms with E-state index in [-0.39, 0.29) is 17.9 Å². The summed E-state index contributed by atoms with van der Waals surface area (Å²) in [4.78, 5) is 0. The fraction of sp³-hybridized carbons (Fsp3) is 0.579. The van der Waals surface area contributed by atoms with Crippen LogP contribution < -0.4 is 0 Å². The molecule has 0 aromatic heterocycles. The van der Waals surface area contributed by atoms with Crippen molar-refractivity contribution in [1.29, 1.82) is 0 Å². The third-order valence-electron chi connectivity index (χ3n) is 4.82. The maximum absolute atomic E-state index is 6.29. The van der Waals surface area contributed by atoms with Gasteiger partial charge in [-0.1, -0.05) is 62.7 Å². The summed E-state index contributed by atoms with van der Waals surface area (Å²) in [5.41, 5.74) is 2.84. The van der Waals surface area contributed by atoms with Gasteiger partial charge in [0.25, 0.3) is 0 Å². The number of hydrogen-bond acceptors (Lipinski definition) is 1. The predicted molar refractivity (Wildman–Crippen MR) is 95.6 cm³/mol. The lowest BCUT2D eigenvalue weighted by molar-refractivity contribution is 0.0370. The number of hydrogen-bond donors (Lipinski definition) is 0. The van der Waals surface area contributed by atoms with E-state index in [1.807, 2.05) is 19.1 Å². The molecular weight excluding hydrogens is 255 g/mol. The predicted octanol–water partition coefficient (Wildman–Crippen LogP) is 5.77.